The molecular weight excluding hydrogens is 538 g/mol. The molecule has 0 aliphatic carbocycles. The molecule has 0 heterocycles. The lowest BCUT2D eigenvalue weighted by molar-refractivity contribution is -0.131. The van der Waals surface area contributed by atoms with Gasteiger partial charge in [0.15, 0.2) is 0 Å². The molecule has 0 saturated heterocycles. The zero-order chi connectivity index (χ0) is 30.6. The molecule has 3 atom stereocenters. The van der Waals surface area contributed by atoms with E-state index < -0.39 is 40.0 Å². The second-order valence-electron chi connectivity index (χ2n) is 11.9. The van der Waals surface area contributed by atoms with Crippen LogP contribution in [0.15, 0.2) is 12.2 Å². The topological polar surface area (TPSA) is 124 Å². The van der Waals surface area contributed by atoms with Crippen LogP contribution in [0.2, 0.25) is 0 Å². The van der Waals surface area contributed by atoms with E-state index in [2.05, 4.69) is 31.3 Å². The highest BCUT2D eigenvalue weighted by molar-refractivity contribution is 7.85. The molecule has 0 aromatic heterocycles. The van der Waals surface area contributed by atoms with Crippen molar-refractivity contribution in [1.82, 2.24) is 5.32 Å². The summed E-state index contributed by atoms with van der Waals surface area (Å²) in [5.74, 6) is -1.46. The third-order valence-electron chi connectivity index (χ3n) is 7.83. The summed E-state index contributed by atoms with van der Waals surface area (Å²) in [6.45, 7) is 4.40. The van der Waals surface area contributed by atoms with Crippen LogP contribution in [0.1, 0.15) is 168 Å². The minimum Gasteiger partial charge on any atom is -0.391 e. The van der Waals surface area contributed by atoms with Gasteiger partial charge in [-0.15, -0.1) is 0 Å². The minimum atomic E-state index is -4.39. The van der Waals surface area contributed by atoms with Crippen LogP contribution < -0.4 is 5.32 Å². The molecule has 0 aromatic rings. The fourth-order valence-electron chi connectivity index (χ4n) is 5.16. The second kappa shape index (κ2) is 27.8. The number of aliphatic hydroxyl groups excluding tert-OH is 2. The van der Waals surface area contributed by atoms with Gasteiger partial charge in [0, 0.05) is 0 Å². The van der Waals surface area contributed by atoms with Gasteiger partial charge in [-0.2, -0.15) is 8.42 Å². The lowest BCUT2D eigenvalue weighted by atomic mass is 10.0. The van der Waals surface area contributed by atoms with Crippen LogP contribution in [-0.2, 0) is 14.9 Å². The molecule has 0 aliphatic heterocycles. The molecule has 0 saturated carbocycles. The van der Waals surface area contributed by atoms with Gasteiger partial charge in [0.2, 0.25) is 5.91 Å². The Morgan fingerprint density at radius 1 is 0.634 bits per heavy atom. The number of carbonyl (C=O) groups is 1. The first kappa shape index (κ1) is 40.0. The Kier molecular flexibility index (Phi) is 27.2. The van der Waals surface area contributed by atoms with Crippen LogP contribution in [0, 0.1) is 0 Å². The van der Waals surface area contributed by atoms with E-state index in [1.54, 1.807) is 0 Å². The van der Waals surface area contributed by atoms with E-state index in [-0.39, 0.29) is 0 Å². The lowest BCUT2D eigenvalue weighted by Crippen LogP contribution is -2.50. The standard InChI is InChI=1S/C33H65NO6S/c1-3-5-7-9-11-12-13-14-15-16-17-18-19-20-21-22-24-26-28-32(36)33(37)34-30(29-41(38,39)40)31(35)27-25-23-10-8-6-4-2/h16-17,30-32,35-36H,3-15,18-29H2,1-2H3,(H,34,37)(H,38,39,40)/b17-16-. The molecule has 0 radical (unpaired) electrons. The van der Waals surface area contributed by atoms with Crippen molar-refractivity contribution >= 4 is 16.0 Å². The average Bonchev–Trinajstić information content (AvgIpc) is 2.92. The van der Waals surface area contributed by atoms with Crippen molar-refractivity contribution in [3.63, 3.8) is 0 Å². The highest BCUT2D eigenvalue weighted by Crippen LogP contribution is 2.14. The van der Waals surface area contributed by atoms with Crippen molar-refractivity contribution in [2.75, 3.05) is 5.75 Å². The molecule has 0 rings (SSSR count). The Morgan fingerprint density at radius 2 is 1.02 bits per heavy atom. The van der Waals surface area contributed by atoms with E-state index in [1.807, 2.05) is 0 Å². The van der Waals surface area contributed by atoms with Gasteiger partial charge in [0.25, 0.3) is 10.1 Å². The minimum absolute atomic E-state index is 0.291. The fraction of sp³-hybridized carbons (Fsp3) is 0.909. The average molecular weight is 604 g/mol. The van der Waals surface area contributed by atoms with Crippen molar-refractivity contribution < 1.29 is 28.0 Å². The Balaban J connectivity index is 3.95. The van der Waals surface area contributed by atoms with E-state index in [0.29, 0.717) is 25.7 Å². The van der Waals surface area contributed by atoms with E-state index in [0.717, 1.165) is 51.4 Å². The molecule has 7 nitrogen and oxygen atoms in total. The molecule has 4 N–H and O–H groups in total. The number of allylic oxidation sites excluding steroid dienone is 2. The van der Waals surface area contributed by atoms with Gasteiger partial charge in [-0.25, -0.2) is 0 Å². The van der Waals surface area contributed by atoms with Gasteiger partial charge in [-0.3, -0.25) is 9.35 Å². The van der Waals surface area contributed by atoms with E-state index >= 15 is 0 Å². The van der Waals surface area contributed by atoms with Crippen molar-refractivity contribution in [3.8, 4) is 0 Å². The van der Waals surface area contributed by atoms with Gasteiger partial charge in [-0.1, -0.05) is 142 Å². The largest absolute Gasteiger partial charge is 0.391 e. The van der Waals surface area contributed by atoms with Crippen molar-refractivity contribution in [2.45, 2.75) is 186 Å². The summed E-state index contributed by atoms with van der Waals surface area (Å²) in [6.07, 6.45) is 28.4. The first-order valence-electron chi connectivity index (χ1n) is 17.0. The Labute approximate surface area is 253 Å². The second-order valence-corrected chi connectivity index (χ2v) is 13.4. The summed E-state index contributed by atoms with van der Waals surface area (Å²) >= 11 is 0. The molecule has 0 aromatic carbocycles. The molecular formula is C33H65NO6S. The fourth-order valence-corrected chi connectivity index (χ4v) is 5.92. The van der Waals surface area contributed by atoms with Crippen molar-refractivity contribution in [3.05, 3.63) is 12.2 Å². The predicted octanol–water partition coefficient (Wildman–Crippen LogP) is 8.04. The van der Waals surface area contributed by atoms with E-state index in [1.165, 1.54) is 77.0 Å². The SMILES string of the molecule is CCCCCCCCCC/C=C\CCCCCCCCC(O)C(=O)NC(CS(=O)(=O)O)C(O)CCCCCCCC. The molecule has 244 valence electrons. The van der Waals surface area contributed by atoms with Crippen LogP contribution in [-0.4, -0.2) is 53.1 Å². The molecule has 1 amide bonds. The molecule has 41 heavy (non-hydrogen) atoms. The summed E-state index contributed by atoms with van der Waals surface area (Å²) in [5, 5.41) is 23.2. The van der Waals surface area contributed by atoms with Gasteiger partial charge in [-0.05, 0) is 38.5 Å². The molecule has 0 bridgehead atoms. The first-order valence-corrected chi connectivity index (χ1v) is 18.6. The number of unbranched alkanes of at least 4 members (excludes halogenated alkanes) is 19. The highest BCUT2D eigenvalue weighted by atomic mass is 32.2. The third kappa shape index (κ3) is 27.6. The number of nitrogens with one attached hydrogen (secondary N) is 1. The van der Waals surface area contributed by atoms with Crippen LogP contribution in [0.5, 0.6) is 0 Å². The zero-order valence-corrected chi connectivity index (χ0v) is 27.4. The Bertz CT molecular complexity index is 727. The number of carbonyl (C=O) groups excluding carboxylic acids is 1. The van der Waals surface area contributed by atoms with Crippen LogP contribution in [0.4, 0.5) is 0 Å². The maximum atomic E-state index is 12.5. The maximum absolute atomic E-state index is 12.5. The van der Waals surface area contributed by atoms with Crippen molar-refractivity contribution in [2.24, 2.45) is 0 Å². The molecule has 8 heteroatoms. The summed E-state index contributed by atoms with van der Waals surface area (Å²) in [5.41, 5.74) is 0. The van der Waals surface area contributed by atoms with Gasteiger partial charge in [0.1, 0.15) is 6.10 Å². The summed E-state index contributed by atoms with van der Waals surface area (Å²) in [4.78, 5) is 12.5. The first-order chi connectivity index (χ1) is 19.7. The quantitative estimate of drug-likeness (QED) is 0.0374. The summed E-state index contributed by atoms with van der Waals surface area (Å²) < 4.78 is 32.1. The van der Waals surface area contributed by atoms with Gasteiger partial charge >= 0.3 is 0 Å². The van der Waals surface area contributed by atoms with Gasteiger partial charge < -0.3 is 15.5 Å². The zero-order valence-electron chi connectivity index (χ0n) is 26.5. The molecule has 3 unspecified atom stereocenters. The van der Waals surface area contributed by atoms with E-state index in [9.17, 15) is 28.0 Å². The number of rotatable bonds is 30. The maximum Gasteiger partial charge on any atom is 0.266 e. The number of amides is 1. The molecule has 0 fully saturated rings. The van der Waals surface area contributed by atoms with Crippen LogP contribution in [0.3, 0.4) is 0 Å². The van der Waals surface area contributed by atoms with Crippen LogP contribution in [0.25, 0.3) is 0 Å². The number of aliphatic hydroxyl groups is 2. The van der Waals surface area contributed by atoms with Crippen molar-refractivity contribution in [1.29, 1.82) is 0 Å². The molecule has 0 aliphatic rings. The Hall–Kier alpha value is -0.960. The lowest BCUT2D eigenvalue weighted by Gasteiger charge is -2.24. The predicted molar refractivity (Wildman–Crippen MR) is 172 cm³/mol. The summed E-state index contributed by atoms with van der Waals surface area (Å²) in [6, 6.07) is -1.14. The summed E-state index contributed by atoms with van der Waals surface area (Å²) in [7, 11) is -4.39. The monoisotopic (exact) mass is 603 g/mol. The smallest absolute Gasteiger partial charge is 0.266 e. The number of hydrogen-bond donors (Lipinski definition) is 4. The normalized spacial score (nSPS) is 14.4. The third-order valence-corrected chi connectivity index (χ3v) is 8.61. The van der Waals surface area contributed by atoms with Gasteiger partial charge in [0.05, 0.1) is 17.9 Å². The Morgan fingerprint density at radius 3 is 1.46 bits per heavy atom. The number of hydrogen-bond acceptors (Lipinski definition) is 5. The van der Waals surface area contributed by atoms with E-state index in [4.69, 9.17) is 0 Å². The van der Waals surface area contributed by atoms with Crippen LogP contribution >= 0.6 is 0 Å². The molecule has 0 spiro atoms. The highest BCUT2D eigenvalue weighted by Gasteiger charge is 2.28.